The van der Waals surface area contributed by atoms with Crippen LogP contribution in [0.25, 0.3) is 0 Å². The van der Waals surface area contributed by atoms with E-state index in [1.165, 1.54) is 0 Å². The average molecular weight is 356 g/mol. The van der Waals surface area contributed by atoms with Crippen LogP contribution < -0.4 is 0 Å². The molecule has 5 nitrogen and oxygen atoms in total. The molecule has 0 saturated heterocycles. The number of ether oxygens (including phenoxy) is 1. The van der Waals surface area contributed by atoms with E-state index in [9.17, 15) is 14.7 Å². The number of rotatable bonds is 9. The molecular formula is C18H29NO4S. The molecule has 0 saturated carbocycles. The maximum atomic E-state index is 12.5. The molecule has 0 amide bonds. The third-order valence-corrected chi connectivity index (χ3v) is 5.13. The Morgan fingerprint density at radius 1 is 1.17 bits per heavy atom. The Balaban J connectivity index is 3.35. The molecule has 6 heteroatoms. The van der Waals surface area contributed by atoms with Gasteiger partial charge in [-0.3, -0.25) is 0 Å². The molecule has 24 heavy (non-hydrogen) atoms. The molecule has 0 bridgehead atoms. The first-order valence-electron chi connectivity index (χ1n) is 8.57. The molecule has 1 unspecified atom stereocenters. The second-order valence-electron chi connectivity index (χ2n) is 5.71. The zero-order valence-electron chi connectivity index (χ0n) is 15.3. The van der Waals surface area contributed by atoms with Crippen molar-refractivity contribution in [2.24, 2.45) is 5.92 Å². The molecule has 1 atom stereocenters. The lowest BCUT2D eigenvalue weighted by atomic mass is 9.81. The van der Waals surface area contributed by atoms with Crippen molar-refractivity contribution in [2.75, 3.05) is 24.7 Å². The quantitative estimate of drug-likeness (QED) is 0.503. The molecule has 0 aliphatic carbocycles. The zero-order valence-corrected chi connectivity index (χ0v) is 16.2. The number of allylic oxidation sites excluding steroid dienone is 2. The van der Waals surface area contributed by atoms with Crippen LogP contribution in [0.4, 0.5) is 0 Å². The first kappa shape index (κ1) is 20.6. The highest BCUT2D eigenvalue weighted by Gasteiger charge is 2.38. The fourth-order valence-electron chi connectivity index (χ4n) is 3.21. The summed E-state index contributed by atoms with van der Waals surface area (Å²) in [5.41, 5.74) is 2.39. The van der Waals surface area contributed by atoms with Crippen molar-refractivity contribution in [3.05, 3.63) is 22.5 Å². The zero-order chi connectivity index (χ0) is 18.3. The number of carbonyl (C=O) groups excluding carboxylic acids is 1. The van der Waals surface area contributed by atoms with E-state index < -0.39 is 17.9 Å². The molecule has 0 aromatic carbocycles. The Hall–Kier alpha value is -1.43. The molecule has 1 rings (SSSR count). The molecule has 136 valence electrons. The van der Waals surface area contributed by atoms with Gasteiger partial charge in [0.15, 0.2) is 0 Å². The molecular weight excluding hydrogens is 326 g/mol. The van der Waals surface area contributed by atoms with Gasteiger partial charge in [-0.25, -0.2) is 9.59 Å². The van der Waals surface area contributed by atoms with Crippen LogP contribution in [0.2, 0.25) is 0 Å². The summed E-state index contributed by atoms with van der Waals surface area (Å²) in [5, 5.41) is 9.75. The van der Waals surface area contributed by atoms with Gasteiger partial charge in [-0.05, 0) is 32.9 Å². The average Bonchev–Trinajstić information content (AvgIpc) is 2.50. The predicted octanol–water partition coefficient (Wildman–Crippen LogP) is 3.67. The van der Waals surface area contributed by atoms with Crippen LogP contribution in [-0.2, 0) is 14.3 Å². The maximum absolute atomic E-state index is 12.5. The summed E-state index contributed by atoms with van der Waals surface area (Å²) in [6.45, 7) is 10.6. The highest BCUT2D eigenvalue weighted by atomic mass is 32.2. The van der Waals surface area contributed by atoms with E-state index in [4.69, 9.17) is 4.74 Å². The molecule has 1 aliphatic rings. The highest BCUT2D eigenvalue weighted by Crippen LogP contribution is 2.38. The van der Waals surface area contributed by atoms with E-state index in [1.54, 1.807) is 18.7 Å². The van der Waals surface area contributed by atoms with E-state index in [0.29, 0.717) is 24.1 Å². The third-order valence-electron chi connectivity index (χ3n) is 4.25. The van der Waals surface area contributed by atoms with Gasteiger partial charge in [0, 0.05) is 29.6 Å². The fraction of sp³-hybridized carbons (Fsp3) is 0.667. The summed E-state index contributed by atoms with van der Waals surface area (Å²) in [6.07, 6.45) is 1.43. The summed E-state index contributed by atoms with van der Waals surface area (Å²) < 4.78 is 5.22. The number of thioether (sulfide) groups is 1. The van der Waals surface area contributed by atoms with Crippen molar-refractivity contribution in [1.29, 1.82) is 0 Å². The van der Waals surface area contributed by atoms with Crippen LogP contribution in [0.5, 0.6) is 0 Å². The van der Waals surface area contributed by atoms with E-state index >= 15 is 0 Å². The number of carbonyl (C=O) groups is 2. The molecule has 0 aromatic heterocycles. The van der Waals surface area contributed by atoms with Crippen LogP contribution in [0.15, 0.2) is 22.5 Å². The van der Waals surface area contributed by atoms with Crippen molar-refractivity contribution in [2.45, 2.75) is 47.5 Å². The summed E-state index contributed by atoms with van der Waals surface area (Å²) in [7, 11) is 0. The van der Waals surface area contributed by atoms with E-state index in [-0.39, 0.29) is 6.61 Å². The monoisotopic (exact) mass is 355 g/mol. The van der Waals surface area contributed by atoms with Crippen molar-refractivity contribution in [3.8, 4) is 0 Å². The Bertz CT molecular complexity index is 539. The van der Waals surface area contributed by atoms with Gasteiger partial charge in [0.2, 0.25) is 0 Å². The standard InChI is InChI=1S/C18H29NO4S/c1-6-9-14-15(17(20)21)12(4)19(10-11-24-8-3)13(5)16(14)18(22)23-7-2/h14H,6-11H2,1-5H3,(H,20,21). The Labute approximate surface area is 149 Å². The minimum atomic E-state index is -0.951. The van der Waals surface area contributed by atoms with Gasteiger partial charge < -0.3 is 14.7 Å². The second-order valence-corrected chi connectivity index (χ2v) is 7.11. The lowest BCUT2D eigenvalue weighted by molar-refractivity contribution is -0.139. The van der Waals surface area contributed by atoms with Crippen LogP contribution in [0.1, 0.15) is 47.5 Å². The third kappa shape index (κ3) is 4.56. The topological polar surface area (TPSA) is 66.8 Å². The molecule has 1 aliphatic heterocycles. The minimum absolute atomic E-state index is 0.283. The molecule has 1 N–H and O–H groups in total. The van der Waals surface area contributed by atoms with Gasteiger partial charge >= 0.3 is 11.9 Å². The number of esters is 1. The van der Waals surface area contributed by atoms with Gasteiger partial charge in [-0.2, -0.15) is 11.8 Å². The number of hydrogen-bond acceptors (Lipinski definition) is 5. The van der Waals surface area contributed by atoms with Gasteiger partial charge in [0.1, 0.15) is 0 Å². The smallest absolute Gasteiger partial charge is 0.336 e. The number of carboxylic acids is 1. The number of nitrogens with zero attached hydrogens (tertiary/aromatic N) is 1. The highest BCUT2D eigenvalue weighted by molar-refractivity contribution is 7.99. The Morgan fingerprint density at radius 3 is 2.29 bits per heavy atom. The molecule has 1 heterocycles. The van der Waals surface area contributed by atoms with Gasteiger partial charge in [0.25, 0.3) is 0 Å². The van der Waals surface area contributed by atoms with Crippen molar-refractivity contribution in [1.82, 2.24) is 4.90 Å². The van der Waals surface area contributed by atoms with Crippen LogP contribution in [0, 0.1) is 5.92 Å². The largest absolute Gasteiger partial charge is 0.478 e. The van der Waals surface area contributed by atoms with E-state index in [1.807, 2.05) is 25.7 Å². The number of hydrogen-bond donors (Lipinski definition) is 1. The number of carboxylic acid groups (broad SMARTS) is 1. The minimum Gasteiger partial charge on any atom is -0.478 e. The van der Waals surface area contributed by atoms with Crippen LogP contribution in [0.3, 0.4) is 0 Å². The van der Waals surface area contributed by atoms with Gasteiger partial charge in [0.05, 0.1) is 17.8 Å². The summed E-state index contributed by atoms with van der Waals surface area (Å²) in [4.78, 5) is 26.4. The predicted molar refractivity (Wildman–Crippen MR) is 97.8 cm³/mol. The Kier molecular flexibility index (Phi) is 8.39. The molecule has 0 radical (unpaired) electrons. The summed E-state index contributed by atoms with van der Waals surface area (Å²) in [6, 6.07) is 0. The van der Waals surface area contributed by atoms with Crippen LogP contribution >= 0.6 is 11.8 Å². The van der Waals surface area contributed by atoms with Crippen molar-refractivity contribution in [3.63, 3.8) is 0 Å². The fourth-order valence-corrected chi connectivity index (χ4v) is 3.81. The van der Waals surface area contributed by atoms with E-state index in [2.05, 4.69) is 6.92 Å². The van der Waals surface area contributed by atoms with Crippen LogP contribution in [-0.4, -0.2) is 46.6 Å². The normalized spacial score (nSPS) is 18.2. The molecule has 0 aromatic rings. The maximum Gasteiger partial charge on any atom is 0.336 e. The number of aliphatic carboxylic acids is 1. The lowest BCUT2D eigenvalue weighted by Gasteiger charge is -2.37. The first-order valence-corrected chi connectivity index (χ1v) is 9.73. The van der Waals surface area contributed by atoms with Gasteiger partial charge in [-0.1, -0.05) is 20.3 Å². The van der Waals surface area contributed by atoms with Crippen molar-refractivity contribution < 1.29 is 19.4 Å². The lowest BCUT2D eigenvalue weighted by Crippen LogP contribution is -2.36. The second kappa shape index (κ2) is 9.77. The SMILES string of the molecule is CCCC1C(C(=O)O)=C(C)N(CCSCC)C(C)=C1C(=O)OCC. The van der Waals surface area contributed by atoms with Crippen molar-refractivity contribution >= 4 is 23.7 Å². The Morgan fingerprint density at radius 2 is 1.79 bits per heavy atom. The molecule has 0 fully saturated rings. The van der Waals surface area contributed by atoms with Gasteiger partial charge in [-0.15, -0.1) is 0 Å². The molecule has 0 spiro atoms. The summed E-state index contributed by atoms with van der Waals surface area (Å²) in [5.74, 6) is 0.143. The van der Waals surface area contributed by atoms with E-state index in [0.717, 1.165) is 29.3 Å². The summed E-state index contributed by atoms with van der Waals surface area (Å²) >= 11 is 1.80. The first-order chi connectivity index (χ1) is 11.4.